The van der Waals surface area contributed by atoms with Crippen LogP contribution in [0.15, 0.2) is 30.9 Å². The lowest BCUT2D eigenvalue weighted by Crippen LogP contribution is -2.14. The van der Waals surface area contributed by atoms with Gasteiger partial charge in [-0.15, -0.1) is 0 Å². The first kappa shape index (κ1) is 15.0. The summed E-state index contributed by atoms with van der Waals surface area (Å²) < 4.78 is 12.3. The molecule has 1 amide bonds. The van der Waals surface area contributed by atoms with Crippen molar-refractivity contribution >= 4 is 11.7 Å². The van der Waals surface area contributed by atoms with Gasteiger partial charge in [0.1, 0.15) is 18.0 Å². The molecule has 1 saturated carbocycles. The van der Waals surface area contributed by atoms with E-state index < -0.39 is 0 Å². The molecule has 0 bridgehead atoms. The maximum Gasteiger partial charge on any atom is 0.228 e. The highest BCUT2D eigenvalue weighted by Crippen LogP contribution is 2.29. The van der Waals surface area contributed by atoms with Crippen molar-refractivity contribution in [2.24, 2.45) is 5.92 Å². The summed E-state index contributed by atoms with van der Waals surface area (Å²) in [6.07, 6.45) is 6.25. The third-order valence-corrected chi connectivity index (χ3v) is 2.98. The smallest absolute Gasteiger partial charge is 0.228 e. The van der Waals surface area contributed by atoms with Gasteiger partial charge in [0.15, 0.2) is 0 Å². The van der Waals surface area contributed by atoms with E-state index in [1.54, 1.807) is 25.3 Å². The van der Waals surface area contributed by atoms with Crippen molar-refractivity contribution < 1.29 is 9.18 Å². The number of pyridine rings is 1. The fraction of sp³-hybridized carbons (Fsp3) is 0.333. The Bertz CT molecular complexity index is 608. The molecule has 2 aromatic heterocycles. The molecule has 2 aromatic rings. The van der Waals surface area contributed by atoms with E-state index in [1.807, 2.05) is 6.92 Å². The third-order valence-electron chi connectivity index (χ3n) is 2.98. The van der Waals surface area contributed by atoms with Gasteiger partial charge in [-0.3, -0.25) is 9.78 Å². The molecular weight excluding hydrogens is 271 g/mol. The summed E-state index contributed by atoms with van der Waals surface area (Å²) in [4.78, 5) is 22.8. The van der Waals surface area contributed by atoms with Crippen molar-refractivity contribution in [2.45, 2.75) is 26.7 Å². The molecule has 0 unspecified atom stereocenters. The Kier molecular flexibility index (Phi) is 4.92. The van der Waals surface area contributed by atoms with E-state index >= 15 is 0 Å². The van der Waals surface area contributed by atoms with Crippen LogP contribution < -0.4 is 5.32 Å². The second-order valence-electron chi connectivity index (χ2n) is 4.93. The number of nitrogens with zero attached hydrogens (tertiary/aromatic N) is 3. The average molecular weight is 288 g/mol. The number of amides is 1. The molecule has 0 atom stereocenters. The lowest BCUT2D eigenvalue weighted by molar-refractivity contribution is -0.117. The molecule has 1 fully saturated rings. The van der Waals surface area contributed by atoms with Gasteiger partial charge in [-0.1, -0.05) is 0 Å². The fourth-order valence-corrected chi connectivity index (χ4v) is 1.54. The minimum absolute atomic E-state index is 0.0816. The Morgan fingerprint density at radius 3 is 2.62 bits per heavy atom. The monoisotopic (exact) mass is 288 g/mol. The van der Waals surface area contributed by atoms with Gasteiger partial charge in [0.05, 0.1) is 6.20 Å². The number of anilines is 1. The van der Waals surface area contributed by atoms with Gasteiger partial charge in [-0.25, -0.2) is 14.4 Å². The quantitative estimate of drug-likeness (QED) is 0.922. The highest BCUT2D eigenvalue weighted by Gasteiger charge is 2.29. The highest BCUT2D eigenvalue weighted by atomic mass is 19.1. The molecule has 0 spiro atoms. The Morgan fingerprint density at radius 1 is 1.33 bits per heavy atom. The summed E-state index contributed by atoms with van der Waals surface area (Å²) in [5.74, 6) is 0.658. The number of aryl methyl sites for hydroxylation is 2. The number of aromatic nitrogens is 3. The van der Waals surface area contributed by atoms with Crippen LogP contribution in [0.4, 0.5) is 10.2 Å². The van der Waals surface area contributed by atoms with Gasteiger partial charge in [0.25, 0.3) is 0 Å². The van der Waals surface area contributed by atoms with Crippen molar-refractivity contribution in [3.8, 4) is 0 Å². The Labute approximate surface area is 122 Å². The summed E-state index contributed by atoms with van der Waals surface area (Å²) in [5.41, 5.74) is 1.50. The van der Waals surface area contributed by atoms with Crippen LogP contribution in [0.2, 0.25) is 0 Å². The zero-order chi connectivity index (χ0) is 15.2. The second-order valence-corrected chi connectivity index (χ2v) is 4.93. The lowest BCUT2D eigenvalue weighted by atomic mass is 10.3. The summed E-state index contributed by atoms with van der Waals surface area (Å²) in [6, 6.07) is 3.40. The molecule has 1 aliphatic rings. The van der Waals surface area contributed by atoms with Crippen LogP contribution in [0.3, 0.4) is 0 Å². The predicted octanol–water partition coefficient (Wildman–Crippen LogP) is 2.66. The summed E-state index contributed by atoms with van der Waals surface area (Å²) in [5, 5.41) is 2.75. The van der Waals surface area contributed by atoms with E-state index in [9.17, 15) is 9.18 Å². The van der Waals surface area contributed by atoms with Crippen LogP contribution in [-0.2, 0) is 4.79 Å². The molecule has 21 heavy (non-hydrogen) atoms. The van der Waals surface area contributed by atoms with Crippen LogP contribution in [-0.4, -0.2) is 20.9 Å². The van der Waals surface area contributed by atoms with Crippen LogP contribution in [0.5, 0.6) is 0 Å². The van der Waals surface area contributed by atoms with Gasteiger partial charge in [0, 0.05) is 23.9 Å². The standard InChI is InChI=1S/C9H11N3O.C6H6FN/c1-6-4-8(11-5-10-6)12-9(13)7-2-3-7;1-5-2-3-8-4-6(5)7/h4-5,7H,2-3H2,1H3,(H,10,11,12,13);2-4H,1H3. The number of hydrogen-bond acceptors (Lipinski definition) is 4. The van der Waals surface area contributed by atoms with E-state index in [1.165, 1.54) is 12.5 Å². The van der Waals surface area contributed by atoms with E-state index in [0.29, 0.717) is 11.4 Å². The van der Waals surface area contributed by atoms with E-state index in [-0.39, 0.29) is 17.6 Å². The number of carbonyl (C=O) groups is 1. The molecule has 3 rings (SSSR count). The largest absolute Gasteiger partial charge is 0.310 e. The lowest BCUT2D eigenvalue weighted by Gasteiger charge is -2.02. The normalized spacial score (nSPS) is 13.1. The molecule has 2 heterocycles. The number of halogens is 1. The SMILES string of the molecule is Cc1cc(NC(=O)C2CC2)ncn1.Cc1ccncc1F. The minimum atomic E-state index is -0.243. The molecule has 0 aliphatic heterocycles. The van der Waals surface area contributed by atoms with Crippen LogP contribution in [0, 0.1) is 25.6 Å². The van der Waals surface area contributed by atoms with Crippen molar-refractivity contribution in [3.63, 3.8) is 0 Å². The van der Waals surface area contributed by atoms with Crippen molar-refractivity contribution in [2.75, 3.05) is 5.32 Å². The summed E-state index contributed by atoms with van der Waals surface area (Å²) >= 11 is 0. The molecule has 0 aromatic carbocycles. The maximum atomic E-state index is 12.3. The molecule has 0 radical (unpaired) electrons. The van der Waals surface area contributed by atoms with Gasteiger partial charge >= 0.3 is 0 Å². The number of rotatable bonds is 2. The zero-order valence-electron chi connectivity index (χ0n) is 12.0. The van der Waals surface area contributed by atoms with Gasteiger partial charge in [-0.05, 0) is 38.3 Å². The van der Waals surface area contributed by atoms with Crippen molar-refractivity contribution in [3.05, 3.63) is 47.9 Å². The Hall–Kier alpha value is -2.37. The molecular formula is C15H17FN4O. The van der Waals surface area contributed by atoms with Crippen LogP contribution in [0.1, 0.15) is 24.1 Å². The van der Waals surface area contributed by atoms with E-state index in [0.717, 1.165) is 18.5 Å². The molecule has 1 N–H and O–H groups in total. The number of hydrogen-bond donors (Lipinski definition) is 1. The molecule has 1 aliphatic carbocycles. The van der Waals surface area contributed by atoms with Crippen LogP contribution in [0.25, 0.3) is 0 Å². The predicted molar refractivity (Wildman–Crippen MR) is 77.1 cm³/mol. The van der Waals surface area contributed by atoms with Crippen LogP contribution >= 0.6 is 0 Å². The first-order valence-corrected chi connectivity index (χ1v) is 6.72. The Balaban J connectivity index is 0.000000173. The minimum Gasteiger partial charge on any atom is -0.310 e. The zero-order valence-corrected chi connectivity index (χ0v) is 12.0. The topological polar surface area (TPSA) is 67.8 Å². The fourth-order valence-electron chi connectivity index (χ4n) is 1.54. The van der Waals surface area contributed by atoms with Gasteiger partial charge in [0.2, 0.25) is 5.91 Å². The first-order valence-electron chi connectivity index (χ1n) is 6.72. The molecule has 5 nitrogen and oxygen atoms in total. The van der Waals surface area contributed by atoms with Gasteiger partial charge in [-0.2, -0.15) is 0 Å². The second kappa shape index (κ2) is 6.88. The highest BCUT2D eigenvalue weighted by molar-refractivity contribution is 5.93. The maximum absolute atomic E-state index is 12.3. The molecule has 0 saturated heterocycles. The average Bonchev–Trinajstić information content (AvgIpc) is 3.27. The van der Waals surface area contributed by atoms with Gasteiger partial charge < -0.3 is 5.32 Å². The third kappa shape index (κ3) is 4.91. The van der Waals surface area contributed by atoms with E-state index in [2.05, 4.69) is 20.3 Å². The Morgan fingerprint density at radius 2 is 2.10 bits per heavy atom. The van der Waals surface area contributed by atoms with Crippen molar-refractivity contribution in [1.82, 2.24) is 15.0 Å². The number of nitrogens with one attached hydrogen (secondary N) is 1. The van der Waals surface area contributed by atoms with E-state index in [4.69, 9.17) is 0 Å². The first-order chi connectivity index (χ1) is 10.1. The molecule has 110 valence electrons. The summed E-state index contributed by atoms with van der Waals surface area (Å²) in [6.45, 7) is 3.57. The summed E-state index contributed by atoms with van der Waals surface area (Å²) in [7, 11) is 0. The molecule has 6 heteroatoms. The van der Waals surface area contributed by atoms with Crippen molar-refractivity contribution in [1.29, 1.82) is 0 Å². The number of carbonyl (C=O) groups excluding carboxylic acids is 1.